The molecule has 0 aliphatic heterocycles. The summed E-state index contributed by atoms with van der Waals surface area (Å²) in [6.07, 6.45) is 8.73. The fourth-order valence-corrected chi connectivity index (χ4v) is 6.55. The Kier molecular flexibility index (Phi) is 3.55. The molecule has 172 valence electrons. The van der Waals surface area contributed by atoms with Crippen LogP contribution in [-0.2, 0) is 6.42 Å². The van der Waals surface area contributed by atoms with Gasteiger partial charge in [-0.1, -0.05) is 42.5 Å². The van der Waals surface area contributed by atoms with Crippen LogP contribution in [0.15, 0.2) is 110 Å². The number of rotatable bonds is 1. The average Bonchev–Trinajstić information content (AvgIpc) is 3.66. The van der Waals surface area contributed by atoms with Crippen LogP contribution in [0.25, 0.3) is 65.9 Å². The molecule has 8 aromatic rings. The van der Waals surface area contributed by atoms with Gasteiger partial charge in [-0.05, 0) is 71.1 Å². The average molecular weight is 473 g/mol. The lowest BCUT2D eigenvalue weighted by molar-refractivity contribution is 1.18. The Morgan fingerprint density at radius 3 is 2.46 bits per heavy atom. The number of hydrogen-bond acceptors (Lipinski definition) is 2. The van der Waals surface area contributed by atoms with Crippen LogP contribution in [-0.4, -0.2) is 18.9 Å². The van der Waals surface area contributed by atoms with E-state index in [1.165, 1.54) is 60.5 Å². The Morgan fingerprint density at radius 1 is 0.622 bits per heavy atom. The highest BCUT2D eigenvalue weighted by molar-refractivity contribution is 6.30. The Morgan fingerprint density at radius 2 is 1.51 bits per heavy atom. The molecule has 0 bridgehead atoms. The van der Waals surface area contributed by atoms with Crippen molar-refractivity contribution < 1.29 is 0 Å². The van der Waals surface area contributed by atoms with Crippen molar-refractivity contribution >= 4 is 49.1 Å². The van der Waals surface area contributed by atoms with Gasteiger partial charge in [-0.3, -0.25) is 9.38 Å². The summed E-state index contributed by atoms with van der Waals surface area (Å²) in [6.45, 7) is 0. The summed E-state index contributed by atoms with van der Waals surface area (Å²) in [5.41, 5.74) is 11.1. The largest absolute Gasteiger partial charge is 0.309 e. The lowest BCUT2D eigenvalue weighted by Crippen LogP contribution is -1.94. The lowest BCUT2D eigenvalue weighted by Gasteiger charge is -2.11. The van der Waals surface area contributed by atoms with E-state index in [4.69, 9.17) is 4.98 Å². The van der Waals surface area contributed by atoms with Gasteiger partial charge in [0.25, 0.3) is 0 Å². The van der Waals surface area contributed by atoms with Crippen LogP contribution >= 0.6 is 0 Å². The lowest BCUT2D eigenvalue weighted by atomic mass is 9.98. The Balaban J connectivity index is 1.55. The van der Waals surface area contributed by atoms with Crippen molar-refractivity contribution in [2.45, 2.75) is 6.42 Å². The summed E-state index contributed by atoms with van der Waals surface area (Å²) in [4.78, 5) is 9.22. The van der Waals surface area contributed by atoms with Crippen molar-refractivity contribution in [3.05, 3.63) is 121 Å². The van der Waals surface area contributed by atoms with Crippen LogP contribution in [0.4, 0.5) is 0 Å². The van der Waals surface area contributed by atoms with Crippen molar-refractivity contribution in [1.29, 1.82) is 0 Å². The molecular weight excluding hydrogens is 452 g/mol. The normalized spacial score (nSPS) is 12.8. The summed E-state index contributed by atoms with van der Waals surface area (Å²) in [6, 6.07) is 31.0. The summed E-state index contributed by atoms with van der Waals surface area (Å²) in [7, 11) is 0. The molecule has 0 unspecified atom stereocenters. The maximum Gasteiger partial charge on any atom is 0.145 e. The second-order valence-electron chi connectivity index (χ2n) is 9.93. The standard InChI is InChI=1S/C33H20N4/c1-2-7-22(8-3-1)37-28-11-10-25-31(24-12-13-34-19-30(24)36-15-14-35-33(25)36)32(28)27-17-21-16-20-6-4-5-9-23(20)26(21)18-29(27)37/h1-15,17-19H,16H2. The molecule has 37 heavy (non-hydrogen) atoms. The molecule has 0 spiro atoms. The number of imidazole rings is 1. The number of fused-ring (bicyclic) bond motifs is 13. The van der Waals surface area contributed by atoms with Gasteiger partial charge >= 0.3 is 0 Å². The molecule has 4 aromatic carbocycles. The Bertz CT molecular complexity index is 2220. The van der Waals surface area contributed by atoms with Crippen molar-refractivity contribution in [1.82, 2.24) is 18.9 Å². The maximum absolute atomic E-state index is 4.76. The molecule has 1 aliphatic rings. The van der Waals surface area contributed by atoms with Crippen LogP contribution < -0.4 is 0 Å². The molecule has 0 amide bonds. The first-order chi connectivity index (χ1) is 18.4. The van der Waals surface area contributed by atoms with E-state index in [1.807, 2.05) is 24.8 Å². The molecule has 0 saturated carbocycles. The molecule has 4 nitrogen and oxygen atoms in total. The molecule has 4 heterocycles. The number of para-hydroxylation sites is 1. The minimum absolute atomic E-state index is 0.964. The van der Waals surface area contributed by atoms with Gasteiger partial charge in [0, 0.05) is 51.2 Å². The minimum Gasteiger partial charge on any atom is -0.309 e. The van der Waals surface area contributed by atoms with Gasteiger partial charge in [-0.15, -0.1) is 0 Å². The van der Waals surface area contributed by atoms with Crippen LogP contribution in [0.2, 0.25) is 0 Å². The molecule has 0 saturated heterocycles. The number of hydrogen-bond donors (Lipinski definition) is 0. The van der Waals surface area contributed by atoms with E-state index in [-0.39, 0.29) is 0 Å². The fraction of sp³-hybridized carbons (Fsp3) is 0.0303. The molecule has 9 rings (SSSR count). The molecule has 4 heteroatoms. The van der Waals surface area contributed by atoms with E-state index in [9.17, 15) is 0 Å². The molecule has 4 aromatic heterocycles. The van der Waals surface area contributed by atoms with Crippen LogP contribution in [0.3, 0.4) is 0 Å². The van der Waals surface area contributed by atoms with Gasteiger partial charge in [-0.25, -0.2) is 4.98 Å². The molecule has 1 aliphatic carbocycles. The topological polar surface area (TPSA) is 35.1 Å². The van der Waals surface area contributed by atoms with E-state index in [0.717, 1.165) is 23.0 Å². The smallest absolute Gasteiger partial charge is 0.145 e. The SMILES string of the molecule is c1ccc(-n2c3cc4c(cc3c3c5c6ccncc6n6ccnc6c5ccc32)Cc2ccccc2-4)cc1. The van der Waals surface area contributed by atoms with Gasteiger partial charge in [0.2, 0.25) is 0 Å². The third kappa shape index (κ3) is 2.42. The molecule has 0 N–H and O–H groups in total. The van der Waals surface area contributed by atoms with Gasteiger partial charge in [0.1, 0.15) is 5.65 Å². The van der Waals surface area contributed by atoms with E-state index >= 15 is 0 Å². The Labute approximate surface area is 212 Å². The highest BCUT2D eigenvalue weighted by Gasteiger charge is 2.24. The summed E-state index contributed by atoms with van der Waals surface area (Å²) in [5.74, 6) is 0. The van der Waals surface area contributed by atoms with Crippen LogP contribution in [0.1, 0.15) is 11.1 Å². The summed E-state index contributed by atoms with van der Waals surface area (Å²) >= 11 is 0. The van der Waals surface area contributed by atoms with E-state index < -0.39 is 0 Å². The Hall–Kier alpha value is -4.96. The highest BCUT2D eigenvalue weighted by Crippen LogP contribution is 2.45. The molecule has 0 atom stereocenters. The minimum atomic E-state index is 0.964. The maximum atomic E-state index is 4.76. The zero-order chi connectivity index (χ0) is 24.1. The summed E-state index contributed by atoms with van der Waals surface area (Å²) in [5, 5.41) is 6.15. The van der Waals surface area contributed by atoms with E-state index in [0.29, 0.717) is 0 Å². The predicted octanol–water partition coefficient (Wildman–Crippen LogP) is 7.70. The van der Waals surface area contributed by atoms with Crippen molar-refractivity contribution in [3.63, 3.8) is 0 Å². The molecule has 0 radical (unpaired) electrons. The van der Waals surface area contributed by atoms with Crippen molar-refractivity contribution in [2.24, 2.45) is 0 Å². The predicted molar refractivity (Wildman–Crippen MR) is 151 cm³/mol. The first kappa shape index (κ1) is 19.3. The van der Waals surface area contributed by atoms with Crippen LogP contribution in [0.5, 0.6) is 0 Å². The van der Waals surface area contributed by atoms with Gasteiger partial charge in [0.15, 0.2) is 0 Å². The van der Waals surface area contributed by atoms with Crippen LogP contribution in [0, 0.1) is 0 Å². The number of pyridine rings is 2. The van der Waals surface area contributed by atoms with Gasteiger partial charge in [-0.2, -0.15) is 0 Å². The number of nitrogens with zero attached hydrogens (tertiary/aromatic N) is 4. The summed E-state index contributed by atoms with van der Waals surface area (Å²) < 4.78 is 4.58. The zero-order valence-corrected chi connectivity index (χ0v) is 19.9. The van der Waals surface area contributed by atoms with E-state index in [2.05, 4.69) is 98.9 Å². The molecular formula is C33H20N4. The first-order valence-corrected chi connectivity index (χ1v) is 12.6. The fourth-order valence-electron chi connectivity index (χ4n) is 6.55. The highest BCUT2D eigenvalue weighted by atomic mass is 15.0. The second-order valence-corrected chi connectivity index (χ2v) is 9.93. The van der Waals surface area contributed by atoms with Crippen molar-refractivity contribution in [2.75, 3.05) is 0 Å². The third-order valence-electron chi connectivity index (χ3n) is 8.07. The quantitative estimate of drug-likeness (QED) is 0.229. The number of benzene rings is 4. The van der Waals surface area contributed by atoms with Crippen molar-refractivity contribution in [3.8, 4) is 16.8 Å². The number of aromatic nitrogens is 4. The van der Waals surface area contributed by atoms with Gasteiger partial charge < -0.3 is 4.57 Å². The zero-order valence-electron chi connectivity index (χ0n) is 19.9. The second kappa shape index (κ2) is 6.83. The molecule has 0 fully saturated rings. The van der Waals surface area contributed by atoms with E-state index in [1.54, 1.807) is 0 Å². The van der Waals surface area contributed by atoms with Gasteiger partial charge in [0.05, 0.1) is 22.7 Å². The third-order valence-corrected chi connectivity index (χ3v) is 8.07. The monoisotopic (exact) mass is 472 g/mol. The first-order valence-electron chi connectivity index (χ1n) is 12.6.